The van der Waals surface area contributed by atoms with Crippen LogP contribution in [0.5, 0.6) is 11.5 Å². The first-order valence-corrected chi connectivity index (χ1v) is 8.35. The zero-order valence-corrected chi connectivity index (χ0v) is 15.1. The number of carbonyl (C=O) groups excluding carboxylic acids is 1. The third-order valence-electron chi connectivity index (χ3n) is 3.34. The minimum absolute atomic E-state index is 0.0945. The Bertz CT molecular complexity index is 989. The fourth-order valence-electron chi connectivity index (χ4n) is 2.23. The van der Waals surface area contributed by atoms with Gasteiger partial charge in [-0.05, 0) is 24.3 Å². The van der Waals surface area contributed by atoms with E-state index >= 15 is 0 Å². The van der Waals surface area contributed by atoms with Crippen molar-refractivity contribution in [3.8, 4) is 11.5 Å². The molecule has 0 aliphatic rings. The monoisotopic (exact) mass is 406 g/mol. The van der Waals surface area contributed by atoms with Gasteiger partial charge in [0.15, 0.2) is 0 Å². The van der Waals surface area contributed by atoms with Gasteiger partial charge in [-0.2, -0.15) is 5.10 Å². The number of nitrogens with one attached hydrogen (secondary N) is 1. The summed E-state index contributed by atoms with van der Waals surface area (Å²) in [7, 11) is 0. The van der Waals surface area contributed by atoms with Crippen molar-refractivity contribution in [2.24, 2.45) is 0 Å². The zero-order chi connectivity index (χ0) is 19.4. The molecule has 0 aliphatic heterocycles. The number of nitro benzene ring substituents is 1. The predicted octanol–water partition coefficient (Wildman–Crippen LogP) is 4.53. The third kappa shape index (κ3) is 5.19. The van der Waals surface area contributed by atoms with E-state index in [1.165, 1.54) is 35.3 Å². The first kappa shape index (κ1) is 18.7. The second kappa shape index (κ2) is 8.07. The van der Waals surface area contributed by atoms with Crippen molar-refractivity contribution in [3.63, 3.8) is 0 Å². The Morgan fingerprint density at radius 3 is 2.52 bits per heavy atom. The highest BCUT2D eigenvalue weighted by molar-refractivity contribution is 6.30. The molecule has 0 radical (unpaired) electrons. The molecule has 0 bridgehead atoms. The second-order valence-electron chi connectivity index (χ2n) is 5.43. The van der Waals surface area contributed by atoms with E-state index in [0.717, 1.165) is 0 Å². The van der Waals surface area contributed by atoms with Crippen LogP contribution in [0.3, 0.4) is 0 Å². The highest BCUT2D eigenvalue weighted by Gasteiger charge is 2.14. The highest BCUT2D eigenvalue weighted by atomic mass is 35.5. The van der Waals surface area contributed by atoms with E-state index in [-0.39, 0.29) is 23.7 Å². The maximum atomic E-state index is 12.1. The van der Waals surface area contributed by atoms with E-state index in [2.05, 4.69) is 10.4 Å². The Kier molecular flexibility index (Phi) is 5.58. The number of halogens is 2. The van der Waals surface area contributed by atoms with Crippen molar-refractivity contribution in [2.45, 2.75) is 6.54 Å². The van der Waals surface area contributed by atoms with Gasteiger partial charge in [-0.15, -0.1) is 0 Å². The minimum atomic E-state index is -0.572. The molecule has 10 heteroatoms. The first-order chi connectivity index (χ1) is 12.9. The normalized spacial score (nSPS) is 10.4. The van der Waals surface area contributed by atoms with Gasteiger partial charge in [0.2, 0.25) is 5.91 Å². The number of anilines is 1. The SMILES string of the molecule is O=C(Cn1cc(Cl)cn1)Nc1cc(Oc2ccc(Cl)cc2)cc([N+](=O)[O-])c1. The summed E-state index contributed by atoms with van der Waals surface area (Å²) in [6.45, 7) is -0.0945. The van der Waals surface area contributed by atoms with E-state index in [0.29, 0.717) is 15.8 Å². The number of non-ortho nitro benzene ring substituents is 1. The summed E-state index contributed by atoms with van der Waals surface area (Å²) in [4.78, 5) is 22.7. The lowest BCUT2D eigenvalue weighted by Crippen LogP contribution is -2.19. The van der Waals surface area contributed by atoms with Gasteiger partial charge in [0, 0.05) is 23.4 Å². The van der Waals surface area contributed by atoms with E-state index in [1.807, 2.05) is 0 Å². The van der Waals surface area contributed by atoms with E-state index < -0.39 is 10.8 Å². The Morgan fingerprint density at radius 2 is 1.89 bits per heavy atom. The number of benzene rings is 2. The summed E-state index contributed by atoms with van der Waals surface area (Å²) in [5.74, 6) is 0.222. The van der Waals surface area contributed by atoms with Gasteiger partial charge < -0.3 is 10.1 Å². The summed E-state index contributed by atoms with van der Waals surface area (Å²) < 4.78 is 6.97. The van der Waals surface area contributed by atoms with Crippen LogP contribution in [0.1, 0.15) is 0 Å². The maximum Gasteiger partial charge on any atom is 0.275 e. The number of amides is 1. The van der Waals surface area contributed by atoms with Gasteiger partial charge in [0.25, 0.3) is 5.69 Å². The second-order valence-corrected chi connectivity index (χ2v) is 6.31. The fourth-order valence-corrected chi connectivity index (χ4v) is 2.51. The standard InChI is InChI=1S/C17H12Cl2N4O4/c18-11-1-3-15(4-2-11)27-16-6-13(5-14(7-16)23(25)26)21-17(24)10-22-9-12(19)8-20-22/h1-9H,10H2,(H,21,24). The highest BCUT2D eigenvalue weighted by Crippen LogP contribution is 2.30. The molecule has 8 nitrogen and oxygen atoms in total. The van der Waals surface area contributed by atoms with Gasteiger partial charge >= 0.3 is 0 Å². The Morgan fingerprint density at radius 1 is 1.15 bits per heavy atom. The van der Waals surface area contributed by atoms with Crippen molar-refractivity contribution in [3.05, 3.63) is 75.0 Å². The predicted molar refractivity (Wildman–Crippen MR) is 100 cm³/mol. The van der Waals surface area contributed by atoms with Crippen molar-refractivity contribution < 1.29 is 14.5 Å². The molecular weight excluding hydrogens is 395 g/mol. The minimum Gasteiger partial charge on any atom is -0.457 e. The van der Waals surface area contributed by atoms with Crippen LogP contribution in [0.15, 0.2) is 54.9 Å². The molecule has 3 rings (SSSR count). The number of aromatic nitrogens is 2. The molecule has 27 heavy (non-hydrogen) atoms. The molecule has 0 spiro atoms. The lowest BCUT2D eigenvalue weighted by Gasteiger charge is -2.10. The van der Waals surface area contributed by atoms with Crippen molar-refractivity contribution in [1.29, 1.82) is 0 Å². The number of rotatable bonds is 6. The third-order valence-corrected chi connectivity index (χ3v) is 3.79. The molecule has 3 aromatic rings. The molecule has 0 fully saturated rings. The smallest absolute Gasteiger partial charge is 0.275 e. The van der Waals surface area contributed by atoms with Gasteiger partial charge in [-0.25, -0.2) is 0 Å². The van der Waals surface area contributed by atoms with Crippen LogP contribution in [0.2, 0.25) is 10.0 Å². The summed E-state index contributed by atoms with van der Waals surface area (Å²) in [6, 6.07) is 10.5. The molecule has 1 heterocycles. The Hall–Kier alpha value is -3.10. The summed E-state index contributed by atoms with van der Waals surface area (Å²) in [6.07, 6.45) is 2.89. The van der Waals surface area contributed by atoms with Crippen LogP contribution in [0, 0.1) is 10.1 Å². The Labute approximate surface area is 163 Å². The average molecular weight is 407 g/mol. The quantitative estimate of drug-likeness (QED) is 0.478. The lowest BCUT2D eigenvalue weighted by atomic mass is 10.2. The molecule has 1 N–H and O–H groups in total. The number of ether oxygens (including phenoxy) is 1. The topological polar surface area (TPSA) is 99.3 Å². The molecule has 0 saturated heterocycles. The molecule has 1 amide bonds. The van der Waals surface area contributed by atoms with Crippen LogP contribution < -0.4 is 10.1 Å². The van der Waals surface area contributed by atoms with Crippen LogP contribution >= 0.6 is 23.2 Å². The fraction of sp³-hybridized carbons (Fsp3) is 0.0588. The molecule has 2 aromatic carbocycles. The number of hydrogen-bond donors (Lipinski definition) is 1. The molecule has 0 unspecified atom stereocenters. The van der Waals surface area contributed by atoms with Crippen LogP contribution in [-0.4, -0.2) is 20.6 Å². The van der Waals surface area contributed by atoms with Gasteiger partial charge in [-0.1, -0.05) is 23.2 Å². The van der Waals surface area contributed by atoms with Crippen molar-refractivity contribution in [1.82, 2.24) is 9.78 Å². The zero-order valence-electron chi connectivity index (χ0n) is 13.6. The first-order valence-electron chi connectivity index (χ1n) is 7.60. The molecule has 1 aromatic heterocycles. The average Bonchev–Trinajstić information content (AvgIpc) is 3.01. The number of nitrogens with zero attached hydrogens (tertiary/aromatic N) is 3. The molecular formula is C17H12Cl2N4O4. The number of carbonyl (C=O) groups is 1. The van der Waals surface area contributed by atoms with E-state index in [4.69, 9.17) is 27.9 Å². The molecule has 0 saturated carbocycles. The van der Waals surface area contributed by atoms with Gasteiger partial charge in [0.1, 0.15) is 18.0 Å². The van der Waals surface area contributed by atoms with Crippen LogP contribution in [0.25, 0.3) is 0 Å². The molecule has 138 valence electrons. The summed E-state index contributed by atoms with van der Waals surface area (Å²) >= 11 is 11.6. The van der Waals surface area contributed by atoms with E-state index in [1.54, 1.807) is 24.3 Å². The van der Waals surface area contributed by atoms with Crippen LogP contribution in [-0.2, 0) is 11.3 Å². The van der Waals surface area contributed by atoms with Crippen molar-refractivity contribution in [2.75, 3.05) is 5.32 Å². The van der Waals surface area contributed by atoms with Crippen LogP contribution in [0.4, 0.5) is 11.4 Å². The van der Waals surface area contributed by atoms with Gasteiger partial charge in [0.05, 0.1) is 27.9 Å². The molecule has 0 aliphatic carbocycles. The van der Waals surface area contributed by atoms with Crippen molar-refractivity contribution >= 4 is 40.5 Å². The largest absolute Gasteiger partial charge is 0.457 e. The van der Waals surface area contributed by atoms with E-state index in [9.17, 15) is 14.9 Å². The lowest BCUT2D eigenvalue weighted by molar-refractivity contribution is -0.384. The number of nitro groups is 1. The Balaban J connectivity index is 1.79. The maximum absolute atomic E-state index is 12.1. The summed E-state index contributed by atoms with van der Waals surface area (Å²) in [5.41, 5.74) is -0.00434. The summed E-state index contributed by atoms with van der Waals surface area (Å²) in [5, 5.41) is 18.6. The van der Waals surface area contributed by atoms with Gasteiger partial charge in [-0.3, -0.25) is 19.6 Å². The number of hydrogen-bond acceptors (Lipinski definition) is 5. The molecule has 0 atom stereocenters.